The van der Waals surface area contributed by atoms with Crippen molar-refractivity contribution in [1.82, 2.24) is 9.55 Å². The lowest BCUT2D eigenvalue weighted by molar-refractivity contribution is 0.186. The van der Waals surface area contributed by atoms with Gasteiger partial charge in [-0.3, -0.25) is 9.78 Å². The molecule has 0 aliphatic carbocycles. The maximum atomic E-state index is 14.3. The Kier molecular flexibility index (Phi) is 5.90. The predicted molar refractivity (Wildman–Crippen MR) is 93.8 cm³/mol. The molecule has 1 aromatic carbocycles. The molecule has 2 rings (SSSR count). The Morgan fingerprint density at radius 2 is 2.00 bits per heavy atom. The summed E-state index contributed by atoms with van der Waals surface area (Å²) in [5, 5.41) is 0. The summed E-state index contributed by atoms with van der Waals surface area (Å²) in [5.41, 5.74) is 1.42. The number of rotatable bonds is 6. The molecule has 2 aromatic rings. The van der Waals surface area contributed by atoms with Crippen molar-refractivity contribution in [2.45, 2.75) is 26.3 Å². The van der Waals surface area contributed by atoms with Crippen molar-refractivity contribution in [3.05, 3.63) is 44.7 Å². The number of methoxy groups -OCH3 is 2. The Bertz CT molecular complexity index is 843. The van der Waals surface area contributed by atoms with Crippen LogP contribution in [0.5, 0.6) is 5.75 Å². The molecule has 0 atom stereocenters. The quantitative estimate of drug-likeness (QED) is 0.809. The van der Waals surface area contributed by atoms with Crippen molar-refractivity contribution in [1.29, 1.82) is 0 Å². The van der Waals surface area contributed by atoms with Crippen LogP contribution in [0.15, 0.2) is 23.0 Å². The van der Waals surface area contributed by atoms with Crippen LogP contribution in [-0.4, -0.2) is 30.4 Å². The van der Waals surface area contributed by atoms with E-state index >= 15 is 0 Å². The van der Waals surface area contributed by atoms with Crippen LogP contribution < -0.4 is 10.3 Å². The topological polar surface area (TPSA) is 56.2 Å². The molecule has 0 saturated carbocycles. The lowest BCUT2D eigenvalue weighted by Gasteiger charge is -2.18. The highest BCUT2D eigenvalue weighted by atomic mass is 32.1. The Hall–Kier alpha value is -1.99. The second-order valence-electron chi connectivity index (χ2n) is 5.70. The molecule has 0 bridgehead atoms. The Morgan fingerprint density at radius 1 is 1.29 bits per heavy atom. The van der Waals surface area contributed by atoms with Crippen molar-refractivity contribution in [2.75, 3.05) is 20.8 Å². The van der Waals surface area contributed by atoms with E-state index in [4.69, 9.17) is 21.7 Å². The van der Waals surface area contributed by atoms with Crippen LogP contribution in [0.4, 0.5) is 4.39 Å². The molecule has 0 amide bonds. The lowest BCUT2D eigenvalue weighted by atomic mass is 9.98. The summed E-state index contributed by atoms with van der Waals surface area (Å²) in [6.07, 6.45) is 0. The van der Waals surface area contributed by atoms with Gasteiger partial charge in [-0.1, -0.05) is 13.8 Å². The smallest absolute Gasteiger partial charge is 0.252 e. The molecule has 24 heavy (non-hydrogen) atoms. The molecule has 0 aliphatic rings. The first-order valence-electron chi connectivity index (χ1n) is 7.60. The first-order valence-corrected chi connectivity index (χ1v) is 8.00. The normalized spacial score (nSPS) is 11.1. The van der Waals surface area contributed by atoms with Crippen molar-refractivity contribution >= 4 is 12.2 Å². The van der Waals surface area contributed by atoms with E-state index in [0.29, 0.717) is 35.7 Å². The zero-order chi connectivity index (χ0) is 17.9. The predicted octanol–water partition coefficient (Wildman–Crippen LogP) is 3.49. The number of benzene rings is 1. The summed E-state index contributed by atoms with van der Waals surface area (Å²) in [4.78, 5) is 14.5. The van der Waals surface area contributed by atoms with E-state index in [1.807, 2.05) is 13.8 Å². The number of nitrogens with one attached hydrogen (secondary N) is 1. The third kappa shape index (κ3) is 3.73. The minimum atomic E-state index is -0.336. The first kappa shape index (κ1) is 18.4. The van der Waals surface area contributed by atoms with Crippen LogP contribution in [0.3, 0.4) is 0 Å². The second-order valence-corrected chi connectivity index (χ2v) is 6.08. The highest BCUT2D eigenvalue weighted by Crippen LogP contribution is 2.34. The van der Waals surface area contributed by atoms with Crippen LogP contribution in [0.2, 0.25) is 0 Å². The third-order valence-electron chi connectivity index (χ3n) is 3.77. The molecule has 1 aromatic heterocycles. The van der Waals surface area contributed by atoms with E-state index < -0.39 is 0 Å². The molecular formula is C17H21FN2O3S. The molecule has 0 unspecified atom stereocenters. The fourth-order valence-electron chi connectivity index (χ4n) is 2.53. The van der Waals surface area contributed by atoms with E-state index in [9.17, 15) is 9.18 Å². The molecule has 0 radical (unpaired) electrons. The number of hydrogen-bond donors (Lipinski definition) is 1. The summed E-state index contributed by atoms with van der Waals surface area (Å²) in [5.74, 6) is 0.00703. The highest BCUT2D eigenvalue weighted by Gasteiger charge is 2.17. The van der Waals surface area contributed by atoms with Crippen molar-refractivity contribution in [2.24, 2.45) is 0 Å². The van der Waals surface area contributed by atoms with Gasteiger partial charge in [-0.2, -0.15) is 0 Å². The molecule has 5 nitrogen and oxygen atoms in total. The number of hydrogen-bond acceptors (Lipinski definition) is 4. The van der Waals surface area contributed by atoms with Crippen molar-refractivity contribution < 1.29 is 13.9 Å². The standard InChI is InChI=1S/C17H21FN2O3S/c1-10(2)11-7-12(15(23-4)8-13(11)18)14-9-16(21)19-17(24)20(14)5-6-22-3/h7-10H,5-6H2,1-4H3,(H,19,21,24). The summed E-state index contributed by atoms with van der Waals surface area (Å²) < 4.78 is 26.7. The number of H-pyrrole nitrogens is 1. The van der Waals surface area contributed by atoms with Gasteiger partial charge in [0.25, 0.3) is 5.56 Å². The molecule has 7 heteroatoms. The van der Waals surface area contributed by atoms with E-state index in [2.05, 4.69) is 4.98 Å². The monoisotopic (exact) mass is 352 g/mol. The largest absolute Gasteiger partial charge is 0.496 e. The van der Waals surface area contributed by atoms with Crippen LogP contribution in [0, 0.1) is 10.6 Å². The number of halogens is 1. The maximum absolute atomic E-state index is 14.3. The average molecular weight is 352 g/mol. The molecule has 0 fully saturated rings. The summed E-state index contributed by atoms with van der Waals surface area (Å²) in [7, 11) is 3.05. The fourth-order valence-corrected chi connectivity index (χ4v) is 2.82. The van der Waals surface area contributed by atoms with Gasteiger partial charge in [-0.25, -0.2) is 4.39 Å². The van der Waals surface area contributed by atoms with E-state index in [0.717, 1.165) is 0 Å². The zero-order valence-corrected chi connectivity index (χ0v) is 15.0. The molecular weight excluding hydrogens is 331 g/mol. The van der Waals surface area contributed by atoms with Crippen LogP contribution >= 0.6 is 12.2 Å². The minimum Gasteiger partial charge on any atom is -0.496 e. The molecule has 0 aliphatic heterocycles. The van der Waals surface area contributed by atoms with Gasteiger partial charge in [0.1, 0.15) is 11.6 Å². The Balaban J connectivity index is 2.77. The van der Waals surface area contributed by atoms with Gasteiger partial charge in [0, 0.05) is 31.4 Å². The van der Waals surface area contributed by atoms with Crippen molar-refractivity contribution in [3.8, 4) is 17.0 Å². The van der Waals surface area contributed by atoms with E-state index in [1.54, 1.807) is 17.7 Å². The lowest BCUT2D eigenvalue weighted by Crippen LogP contribution is -2.17. The average Bonchev–Trinajstić information content (AvgIpc) is 2.52. The molecule has 1 N–H and O–H groups in total. The van der Waals surface area contributed by atoms with Gasteiger partial charge >= 0.3 is 0 Å². The summed E-state index contributed by atoms with van der Waals surface area (Å²) in [6.45, 7) is 4.70. The highest BCUT2D eigenvalue weighted by molar-refractivity contribution is 7.71. The third-order valence-corrected chi connectivity index (χ3v) is 4.09. The molecule has 1 heterocycles. The van der Waals surface area contributed by atoms with Gasteiger partial charge in [-0.05, 0) is 29.8 Å². The Labute approximate surface area is 145 Å². The number of aromatic amines is 1. The van der Waals surface area contributed by atoms with Crippen LogP contribution in [0.25, 0.3) is 11.3 Å². The minimum absolute atomic E-state index is 0.00736. The molecule has 0 spiro atoms. The molecule has 130 valence electrons. The number of ether oxygens (including phenoxy) is 2. The van der Waals surface area contributed by atoms with E-state index in [-0.39, 0.29) is 22.1 Å². The van der Waals surface area contributed by atoms with Gasteiger partial charge in [-0.15, -0.1) is 0 Å². The van der Waals surface area contributed by atoms with Gasteiger partial charge < -0.3 is 14.0 Å². The first-order chi connectivity index (χ1) is 11.4. The zero-order valence-electron chi connectivity index (χ0n) is 14.2. The Morgan fingerprint density at radius 3 is 2.58 bits per heavy atom. The van der Waals surface area contributed by atoms with Gasteiger partial charge in [0.2, 0.25) is 0 Å². The van der Waals surface area contributed by atoms with Gasteiger partial charge in [0.05, 0.1) is 19.4 Å². The fraction of sp³-hybridized carbons (Fsp3) is 0.412. The maximum Gasteiger partial charge on any atom is 0.252 e. The second kappa shape index (κ2) is 7.72. The van der Waals surface area contributed by atoms with Crippen molar-refractivity contribution in [3.63, 3.8) is 0 Å². The van der Waals surface area contributed by atoms with E-state index in [1.165, 1.54) is 19.2 Å². The van der Waals surface area contributed by atoms with Crippen LogP contribution in [-0.2, 0) is 11.3 Å². The van der Waals surface area contributed by atoms with Crippen LogP contribution in [0.1, 0.15) is 25.3 Å². The number of nitrogens with zero attached hydrogens (tertiary/aromatic N) is 1. The SMILES string of the molecule is COCCn1c(-c2cc(C(C)C)c(F)cc2OC)cc(=O)[nH]c1=S. The summed E-state index contributed by atoms with van der Waals surface area (Å²) in [6, 6.07) is 4.49. The summed E-state index contributed by atoms with van der Waals surface area (Å²) >= 11 is 5.27. The molecule has 0 saturated heterocycles. The van der Waals surface area contributed by atoms with Gasteiger partial charge in [0.15, 0.2) is 4.77 Å². The number of aromatic nitrogens is 2.